The van der Waals surface area contributed by atoms with E-state index in [4.69, 9.17) is 9.84 Å². The molecule has 1 unspecified atom stereocenters. The number of aromatic nitrogens is 2. The summed E-state index contributed by atoms with van der Waals surface area (Å²) in [6.45, 7) is 1.40. The van der Waals surface area contributed by atoms with E-state index < -0.39 is 5.97 Å². The number of ether oxygens (including phenoxy) is 1. The fraction of sp³-hybridized carbons (Fsp3) is 0.333. The Labute approximate surface area is 97.4 Å². The molecule has 0 spiro atoms. The van der Waals surface area contributed by atoms with E-state index >= 15 is 0 Å². The van der Waals surface area contributed by atoms with E-state index in [0.29, 0.717) is 12.1 Å². The number of carbonyl (C=O) groups is 1. The molecule has 1 aromatic heterocycles. The van der Waals surface area contributed by atoms with Crippen LogP contribution in [0.1, 0.15) is 28.5 Å². The van der Waals surface area contributed by atoms with Gasteiger partial charge in [-0.3, -0.25) is 0 Å². The van der Waals surface area contributed by atoms with Crippen LogP contribution in [0.15, 0.2) is 18.2 Å². The molecule has 1 atom stereocenters. The molecule has 0 amide bonds. The lowest BCUT2D eigenvalue weighted by atomic mass is 10.1. The summed E-state index contributed by atoms with van der Waals surface area (Å²) in [5, 5.41) is 9.08. The van der Waals surface area contributed by atoms with Crippen molar-refractivity contribution in [1.82, 2.24) is 9.97 Å². The van der Waals surface area contributed by atoms with Crippen LogP contribution in [0.25, 0.3) is 11.0 Å². The third-order valence-corrected chi connectivity index (χ3v) is 3.08. The highest BCUT2D eigenvalue weighted by Gasteiger charge is 2.22. The number of benzene rings is 1. The Morgan fingerprint density at radius 2 is 2.41 bits per heavy atom. The highest BCUT2D eigenvalue weighted by molar-refractivity contribution is 6.00. The Hall–Kier alpha value is -1.88. The average Bonchev–Trinajstić information content (AvgIpc) is 2.96. The van der Waals surface area contributed by atoms with Gasteiger partial charge in [-0.15, -0.1) is 0 Å². The van der Waals surface area contributed by atoms with Crippen molar-refractivity contribution in [3.05, 3.63) is 29.6 Å². The molecule has 2 aromatic rings. The lowest BCUT2D eigenvalue weighted by molar-refractivity contribution is 0.0699. The van der Waals surface area contributed by atoms with Crippen molar-refractivity contribution in [3.8, 4) is 0 Å². The number of aromatic carboxylic acids is 1. The molecule has 0 bridgehead atoms. The van der Waals surface area contributed by atoms with E-state index in [1.54, 1.807) is 12.1 Å². The zero-order valence-electron chi connectivity index (χ0n) is 9.14. The molecule has 1 fully saturated rings. The fourth-order valence-corrected chi connectivity index (χ4v) is 2.17. The molecular weight excluding hydrogens is 220 g/mol. The number of aromatic amines is 1. The van der Waals surface area contributed by atoms with Crippen molar-refractivity contribution in [3.63, 3.8) is 0 Å². The summed E-state index contributed by atoms with van der Waals surface area (Å²) in [5.74, 6) is 0.131. The number of carboxylic acids is 1. The maximum Gasteiger partial charge on any atom is 0.337 e. The minimum atomic E-state index is -0.948. The first kappa shape index (κ1) is 10.3. The normalized spacial score (nSPS) is 19.9. The highest BCUT2D eigenvalue weighted by Crippen LogP contribution is 2.26. The molecule has 0 saturated carbocycles. The number of carboxylic acid groups (broad SMARTS) is 1. The second kappa shape index (κ2) is 3.85. The summed E-state index contributed by atoms with van der Waals surface area (Å²) >= 11 is 0. The van der Waals surface area contributed by atoms with Gasteiger partial charge in [0.1, 0.15) is 11.3 Å². The number of hydrogen-bond acceptors (Lipinski definition) is 3. The van der Waals surface area contributed by atoms with E-state index in [1.165, 1.54) is 0 Å². The first-order chi connectivity index (χ1) is 8.25. The zero-order chi connectivity index (χ0) is 11.8. The van der Waals surface area contributed by atoms with Gasteiger partial charge >= 0.3 is 5.97 Å². The average molecular weight is 232 g/mol. The number of imidazole rings is 1. The second-order valence-electron chi connectivity index (χ2n) is 4.19. The predicted octanol–water partition coefficient (Wildman–Crippen LogP) is 1.76. The van der Waals surface area contributed by atoms with Crippen LogP contribution in [0.2, 0.25) is 0 Å². The van der Waals surface area contributed by atoms with Crippen molar-refractivity contribution in [2.75, 3.05) is 13.2 Å². The van der Waals surface area contributed by atoms with Crippen LogP contribution < -0.4 is 0 Å². The summed E-state index contributed by atoms with van der Waals surface area (Å²) < 4.78 is 5.31. The molecule has 1 aromatic carbocycles. The number of nitrogens with zero attached hydrogens (tertiary/aromatic N) is 1. The molecule has 2 N–H and O–H groups in total. The topological polar surface area (TPSA) is 75.2 Å². The highest BCUT2D eigenvalue weighted by atomic mass is 16.5. The Morgan fingerprint density at radius 1 is 1.53 bits per heavy atom. The summed E-state index contributed by atoms with van der Waals surface area (Å²) in [7, 11) is 0. The number of para-hydroxylation sites is 1. The maximum atomic E-state index is 11.1. The third kappa shape index (κ3) is 1.68. The SMILES string of the molecule is O=C(O)c1cccc2[nH]c(C3CCOC3)nc12. The van der Waals surface area contributed by atoms with E-state index in [2.05, 4.69) is 9.97 Å². The first-order valence-electron chi connectivity index (χ1n) is 5.55. The maximum absolute atomic E-state index is 11.1. The number of hydrogen-bond donors (Lipinski definition) is 2. The Kier molecular flexibility index (Phi) is 2.33. The molecular formula is C12H12N2O3. The van der Waals surface area contributed by atoms with Crippen LogP contribution in [0.3, 0.4) is 0 Å². The van der Waals surface area contributed by atoms with Gasteiger partial charge < -0.3 is 14.8 Å². The van der Waals surface area contributed by atoms with Crippen LogP contribution >= 0.6 is 0 Å². The van der Waals surface area contributed by atoms with Gasteiger partial charge in [0.2, 0.25) is 0 Å². The van der Waals surface area contributed by atoms with Crippen molar-refractivity contribution >= 4 is 17.0 Å². The van der Waals surface area contributed by atoms with Crippen LogP contribution in [-0.4, -0.2) is 34.3 Å². The lowest BCUT2D eigenvalue weighted by Crippen LogP contribution is -2.00. The van der Waals surface area contributed by atoms with Gasteiger partial charge in [0, 0.05) is 12.5 Å². The quantitative estimate of drug-likeness (QED) is 0.827. The Morgan fingerprint density at radius 3 is 3.12 bits per heavy atom. The number of fused-ring (bicyclic) bond motifs is 1. The smallest absolute Gasteiger partial charge is 0.337 e. The van der Waals surface area contributed by atoms with Crippen molar-refractivity contribution in [2.45, 2.75) is 12.3 Å². The monoisotopic (exact) mass is 232 g/mol. The summed E-state index contributed by atoms with van der Waals surface area (Å²) in [4.78, 5) is 18.6. The first-order valence-corrected chi connectivity index (χ1v) is 5.55. The van der Waals surface area contributed by atoms with E-state index in [9.17, 15) is 4.79 Å². The molecule has 0 radical (unpaired) electrons. The molecule has 1 aliphatic rings. The largest absolute Gasteiger partial charge is 0.478 e. The number of H-pyrrole nitrogens is 1. The van der Waals surface area contributed by atoms with Crippen molar-refractivity contribution in [1.29, 1.82) is 0 Å². The summed E-state index contributed by atoms with van der Waals surface area (Å²) in [6.07, 6.45) is 0.933. The van der Waals surface area contributed by atoms with E-state index in [0.717, 1.165) is 24.4 Å². The number of rotatable bonds is 2. The van der Waals surface area contributed by atoms with Gasteiger partial charge in [0.25, 0.3) is 0 Å². The molecule has 1 aliphatic heterocycles. The molecule has 2 heterocycles. The van der Waals surface area contributed by atoms with Gasteiger partial charge in [-0.1, -0.05) is 6.07 Å². The fourth-order valence-electron chi connectivity index (χ4n) is 2.17. The number of nitrogens with one attached hydrogen (secondary N) is 1. The van der Waals surface area contributed by atoms with Crippen LogP contribution in [0.5, 0.6) is 0 Å². The standard InChI is InChI=1S/C12H12N2O3/c15-12(16)8-2-1-3-9-10(8)14-11(13-9)7-4-5-17-6-7/h1-3,7H,4-6H2,(H,13,14)(H,15,16). The van der Waals surface area contributed by atoms with E-state index in [1.807, 2.05) is 6.07 Å². The predicted molar refractivity (Wildman–Crippen MR) is 61.2 cm³/mol. The van der Waals surface area contributed by atoms with Gasteiger partial charge in [-0.25, -0.2) is 9.78 Å². The van der Waals surface area contributed by atoms with Crippen molar-refractivity contribution < 1.29 is 14.6 Å². The molecule has 5 heteroatoms. The minimum absolute atomic E-state index is 0.240. The van der Waals surface area contributed by atoms with Gasteiger partial charge in [0.15, 0.2) is 0 Å². The van der Waals surface area contributed by atoms with Crippen LogP contribution in [-0.2, 0) is 4.74 Å². The van der Waals surface area contributed by atoms with Gasteiger partial charge in [-0.2, -0.15) is 0 Å². The van der Waals surface area contributed by atoms with E-state index in [-0.39, 0.29) is 11.5 Å². The molecule has 1 saturated heterocycles. The zero-order valence-corrected chi connectivity index (χ0v) is 9.14. The Bertz CT molecular complexity index is 570. The van der Waals surface area contributed by atoms with Crippen LogP contribution in [0, 0.1) is 0 Å². The van der Waals surface area contributed by atoms with Gasteiger partial charge in [-0.05, 0) is 18.6 Å². The van der Waals surface area contributed by atoms with Gasteiger partial charge in [0.05, 0.1) is 17.7 Å². The van der Waals surface area contributed by atoms with Crippen LogP contribution in [0.4, 0.5) is 0 Å². The molecule has 3 rings (SSSR count). The molecule has 88 valence electrons. The van der Waals surface area contributed by atoms with Crippen molar-refractivity contribution in [2.24, 2.45) is 0 Å². The molecule has 0 aliphatic carbocycles. The second-order valence-corrected chi connectivity index (χ2v) is 4.19. The summed E-state index contributed by atoms with van der Waals surface area (Å²) in [6, 6.07) is 5.13. The molecule has 17 heavy (non-hydrogen) atoms. The third-order valence-electron chi connectivity index (χ3n) is 3.08. The molecule has 5 nitrogen and oxygen atoms in total. The minimum Gasteiger partial charge on any atom is -0.478 e. The Balaban J connectivity index is 2.11. The summed E-state index contributed by atoms with van der Waals surface area (Å²) in [5.41, 5.74) is 1.54. The lowest BCUT2D eigenvalue weighted by Gasteiger charge is -2.00.